The van der Waals surface area contributed by atoms with E-state index in [4.69, 9.17) is 17.3 Å². The van der Waals surface area contributed by atoms with Crippen molar-refractivity contribution in [3.8, 4) is 0 Å². The molecule has 0 unspecified atom stereocenters. The molecular weight excluding hydrogens is 295 g/mol. The Balaban J connectivity index is 2.28. The minimum Gasteiger partial charge on any atom is -0.368 e. The van der Waals surface area contributed by atoms with Gasteiger partial charge in [0.25, 0.3) is 0 Å². The molecule has 0 atom stereocenters. The minimum absolute atomic E-state index is 0.0178. The van der Waals surface area contributed by atoms with Gasteiger partial charge in [0.05, 0.1) is 11.4 Å². The highest BCUT2D eigenvalue weighted by Gasteiger charge is 2.30. The van der Waals surface area contributed by atoms with Crippen LogP contribution >= 0.6 is 11.6 Å². The molecule has 0 fully saturated rings. The maximum atomic E-state index is 12.6. The number of nitrogens with two attached hydrogens (primary N) is 1. The molecular formula is C11H9ClF3N5. The number of aromatic nitrogens is 3. The molecule has 0 bridgehead atoms. The first-order valence-corrected chi connectivity index (χ1v) is 5.92. The highest BCUT2D eigenvalue weighted by molar-refractivity contribution is 6.16. The molecule has 1 aromatic heterocycles. The van der Waals surface area contributed by atoms with Crippen molar-refractivity contribution in [1.29, 1.82) is 0 Å². The van der Waals surface area contributed by atoms with E-state index >= 15 is 0 Å². The van der Waals surface area contributed by atoms with Gasteiger partial charge in [-0.15, -0.1) is 11.6 Å². The number of alkyl halides is 4. The number of nitrogen functional groups attached to an aromatic ring is 1. The van der Waals surface area contributed by atoms with Crippen LogP contribution in [0.5, 0.6) is 0 Å². The summed E-state index contributed by atoms with van der Waals surface area (Å²) in [5.41, 5.74) is 4.86. The molecule has 0 aliphatic rings. The van der Waals surface area contributed by atoms with Crippen LogP contribution in [-0.2, 0) is 12.1 Å². The molecule has 0 amide bonds. The molecule has 1 aromatic carbocycles. The maximum absolute atomic E-state index is 12.6. The largest absolute Gasteiger partial charge is 0.416 e. The van der Waals surface area contributed by atoms with E-state index in [1.807, 2.05) is 0 Å². The third-order valence-corrected chi connectivity index (χ3v) is 2.50. The van der Waals surface area contributed by atoms with E-state index in [0.29, 0.717) is 0 Å². The Morgan fingerprint density at radius 1 is 1.20 bits per heavy atom. The Morgan fingerprint density at radius 3 is 2.60 bits per heavy atom. The van der Waals surface area contributed by atoms with Crippen LogP contribution < -0.4 is 11.1 Å². The number of rotatable bonds is 3. The Labute approximate surface area is 117 Å². The van der Waals surface area contributed by atoms with E-state index in [9.17, 15) is 13.2 Å². The quantitative estimate of drug-likeness (QED) is 0.853. The van der Waals surface area contributed by atoms with Gasteiger partial charge in [0.1, 0.15) is 0 Å². The monoisotopic (exact) mass is 303 g/mol. The summed E-state index contributed by atoms with van der Waals surface area (Å²) in [5.74, 6) is 0.218. The van der Waals surface area contributed by atoms with E-state index in [1.165, 1.54) is 12.1 Å². The van der Waals surface area contributed by atoms with Crippen molar-refractivity contribution in [2.24, 2.45) is 0 Å². The number of nitrogens with one attached hydrogen (secondary N) is 1. The summed E-state index contributed by atoms with van der Waals surface area (Å²) in [6.45, 7) is 0. The van der Waals surface area contributed by atoms with Crippen molar-refractivity contribution in [2.45, 2.75) is 12.1 Å². The Kier molecular flexibility index (Phi) is 3.93. The molecule has 106 valence electrons. The maximum Gasteiger partial charge on any atom is 0.416 e. The fourth-order valence-corrected chi connectivity index (χ4v) is 1.58. The highest BCUT2D eigenvalue weighted by atomic mass is 35.5. The summed E-state index contributed by atoms with van der Waals surface area (Å²) in [4.78, 5) is 11.4. The van der Waals surface area contributed by atoms with Crippen molar-refractivity contribution < 1.29 is 13.2 Å². The molecule has 0 saturated heterocycles. The topological polar surface area (TPSA) is 76.7 Å². The number of benzene rings is 1. The second-order valence-electron chi connectivity index (χ2n) is 3.77. The molecule has 0 aliphatic heterocycles. The van der Waals surface area contributed by atoms with E-state index in [0.717, 1.165) is 12.1 Å². The van der Waals surface area contributed by atoms with Gasteiger partial charge in [-0.3, -0.25) is 0 Å². The van der Waals surface area contributed by atoms with E-state index in [2.05, 4.69) is 20.3 Å². The average molecular weight is 304 g/mol. The lowest BCUT2D eigenvalue weighted by Crippen LogP contribution is -2.08. The van der Waals surface area contributed by atoms with Gasteiger partial charge in [-0.25, -0.2) is 0 Å². The van der Waals surface area contributed by atoms with Crippen LogP contribution in [-0.4, -0.2) is 15.0 Å². The molecule has 2 aromatic rings. The van der Waals surface area contributed by atoms with E-state index in [-0.39, 0.29) is 29.3 Å². The number of halogens is 4. The summed E-state index contributed by atoms with van der Waals surface area (Å²) >= 11 is 5.57. The standard InChI is InChI=1S/C11H9ClF3N5/c12-5-8-18-9(16)20-10(19-8)17-7-3-1-2-6(4-7)11(13,14)15/h1-4H,5H2,(H3,16,17,18,19,20). The summed E-state index contributed by atoms with van der Waals surface area (Å²) in [6.07, 6.45) is -4.42. The number of nitrogens with zero attached hydrogens (tertiary/aromatic N) is 3. The lowest BCUT2D eigenvalue weighted by molar-refractivity contribution is -0.137. The van der Waals surface area contributed by atoms with Crippen molar-refractivity contribution >= 4 is 29.2 Å². The highest BCUT2D eigenvalue weighted by Crippen LogP contribution is 2.31. The Bertz CT molecular complexity index is 617. The first-order chi connectivity index (χ1) is 9.38. The minimum atomic E-state index is -4.42. The third kappa shape index (κ3) is 3.47. The lowest BCUT2D eigenvalue weighted by atomic mass is 10.2. The smallest absolute Gasteiger partial charge is 0.368 e. The van der Waals surface area contributed by atoms with Gasteiger partial charge in [0.15, 0.2) is 5.82 Å². The third-order valence-electron chi connectivity index (χ3n) is 2.26. The van der Waals surface area contributed by atoms with Gasteiger partial charge in [-0.2, -0.15) is 28.1 Å². The molecule has 20 heavy (non-hydrogen) atoms. The average Bonchev–Trinajstić information content (AvgIpc) is 2.37. The van der Waals surface area contributed by atoms with Crippen LogP contribution in [0.25, 0.3) is 0 Å². The number of hydrogen-bond acceptors (Lipinski definition) is 5. The Hall–Kier alpha value is -2.09. The molecule has 0 saturated carbocycles. The first-order valence-electron chi connectivity index (χ1n) is 5.39. The second kappa shape index (κ2) is 5.49. The fourth-order valence-electron chi connectivity index (χ4n) is 1.46. The van der Waals surface area contributed by atoms with Crippen LogP contribution in [0.2, 0.25) is 0 Å². The van der Waals surface area contributed by atoms with Crippen LogP contribution in [0.3, 0.4) is 0 Å². The molecule has 1 heterocycles. The first kappa shape index (κ1) is 14.3. The molecule has 0 spiro atoms. The number of anilines is 3. The predicted molar refractivity (Wildman–Crippen MR) is 68.5 cm³/mol. The summed E-state index contributed by atoms with van der Waals surface area (Å²) < 4.78 is 37.7. The van der Waals surface area contributed by atoms with Gasteiger partial charge in [0.2, 0.25) is 11.9 Å². The van der Waals surface area contributed by atoms with Crippen molar-refractivity contribution in [2.75, 3.05) is 11.1 Å². The van der Waals surface area contributed by atoms with Gasteiger partial charge >= 0.3 is 6.18 Å². The van der Waals surface area contributed by atoms with Gasteiger partial charge in [-0.05, 0) is 18.2 Å². The fraction of sp³-hybridized carbons (Fsp3) is 0.182. The Morgan fingerprint density at radius 2 is 1.95 bits per heavy atom. The zero-order valence-electron chi connectivity index (χ0n) is 9.95. The summed E-state index contributed by atoms with van der Waals surface area (Å²) in [6, 6.07) is 4.64. The second-order valence-corrected chi connectivity index (χ2v) is 4.04. The number of hydrogen-bond donors (Lipinski definition) is 2. The van der Waals surface area contributed by atoms with Crippen LogP contribution in [0.15, 0.2) is 24.3 Å². The molecule has 3 N–H and O–H groups in total. The zero-order valence-corrected chi connectivity index (χ0v) is 10.7. The van der Waals surface area contributed by atoms with Crippen LogP contribution in [0.4, 0.5) is 30.8 Å². The normalized spacial score (nSPS) is 11.4. The van der Waals surface area contributed by atoms with Crippen LogP contribution in [0.1, 0.15) is 11.4 Å². The van der Waals surface area contributed by atoms with Gasteiger partial charge in [0, 0.05) is 5.69 Å². The summed E-state index contributed by atoms with van der Waals surface area (Å²) in [7, 11) is 0. The zero-order chi connectivity index (χ0) is 14.8. The van der Waals surface area contributed by atoms with Crippen molar-refractivity contribution in [3.05, 3.63) is 35.7 Å². The molecule has 0 radical (unpaired) electrons. The van der Waals surface area contributed by atoms with Gasteiger partial charge in [-0.1, -0.05) is 6.07 Å². The van der Waals surface area contributed by atoms with Gasteiger partial charge < -0.3 is 11.1 Å². The lowest BCUT2D eigenvalue weighted by Gasteiger charge is -2.10. The van der Waals surface area contributed by atoms with E-state index < -0.39 is 11.7 Å². The van der Waals surface area contributed by atoms with E-state index in [1.54, 1.807) is 0 Å². The van der Waals surface area contributed by atoms with Crippen molar-refractivity contribution in [1.82, 2.24) is 15.0 Å². The molecule has 9 heteroatoms. The molecule has 0 aliphatic carbocycles. The SMILES string of the molecule is Nc1nc(CCl)nc(Nc2cccc(C(F)(F)F)c2)n1. The predicted octanol–water partition coefficient (Wildman–Crippen LogP) is 2.96. The molecule has 2 rings (SSSR count). The van der Waals surface area contributed by atoms with Crippen LogP contribution in [0, 0.1) is 0 Å². The molecule has 5 nitrogen and oxygen atoms in total. The van der Waals surface area contributed by atoms with Crippen molar-refractivity contribution in [3.63, 3.8) is 0 Å². The summed E-state index contributed by atoms with van der Waals surface area (Å²) in [5, 5.41) is 2.63.